The predicted molar refractivity (Wildman–Crippen MR) is 99.1 cm³/mol. The molecule has 26 heavy (non-hydrogen) atoms. The second kappa shape index (κ2) is 8.36. The number of hydrogen-bond donors (Lipinski definition) is 1. The molecule has 1 N–H and O–H groups in total. The normalized spacial score (nSPS) is 13.8. The van der Waals surface area contributed by atoms with Gasteiger partial charge in [-0.05, 0) is 35.4 Å². The van der Waals surface area contributed by atoms with Gasteiger partial charge in [0, 0.05) is 6.08 Å². The summed E-state index contributed by atoms with van der Waals surface area (Å²) in [5.74, 6) is 0.461. The number of hydrogen-bond acceptors (Lipinski definition) is 5. The van der Waals surface area contributed by atoms with Crippen LogP contribution in [-0.2, 0) is 15.1 Å². The molecular weight excluding hydrogens is 332 g/mol. The third-order valence-electron chi connectivity index (χ3n) is 4.04. The van der Waals surface area contributed by atoms with Gasteiger partial charge in [-0.1, -0.05) is 43.5 Å². The monoisotopic (exact) mass is 354 g/mol. The van der Waals surface area contributed by atoms with Gasteiger partial charge < -0.3 is 19.3 Å². The van der Waals surface area contributed by atoms with Gasteiger partial charge in [-0.2, -0.15) is 0 Å². The lowest BCUT2D eigenvalue weighted by Gasteiger charge is -2.34. The summed E-state index contributed by atoms with van der Waals surface area (Å²) in [4.78, 5) is 11.9. The molecule has 0 saturated heterocycles. The summed E-state index contributed by atoms with van der Waals surface area (Å²) in [5.41, 5.74) is -0.680. The van der Waals surface area contributed by atoms with Crippen LogP contribution in [0.4, 0.5) is 0 Å². The number of rotatable bonds is 8. The van der Waals surface area contributed by atoms with Crippen molar-refractivity contribution in [2.45, 2.75) is 11.7 Å². The third kappa shape index (κ3) is 3.95. The molecule has 5 nitrogen and oxygen atoms in total. The van der Waals surface area contributed by atoms with Crippen LogP contribution in [-0.4, -0.2) is 25.3 Å². The number of aliphatic hydroxyl groups is 1. The molecule has 2 rings (SSSR count). The Morgan fingerprint density at radius 1 is 1.08 bits per heavy atom. The summed E-state index contributed by atoms with van der Waals surface area (Å²) in [7, 11) is 3.06. The Bertz CT molecular complexity index is 798. The average Bonchev–Trinajstić information content (AvgIpc) is 2.71. The quantitative estimate of drug-likeness (QED) is 0.446. The van der Waals surface area contributed by atoms with Gasteiger partial charge in [0.25, 0.3) is 0 Å². The van der Waals surface area contributed by atoms with E-state index < -0.39 is 17.7 Å². The Kier molecular flexibility index (Phi) is 6.20. The van der Waals surface area contributed by atoms with E-state index in [1.165, 1.54) is 20.3 Å². The van der Waals surface area contributed by atoms with Crippen molar-refractivity contribution in [3.8, 4) is 11.5 Å². The van der Waals surface area contributed by atoms with Crippen LogP contribution in [0.1, 0.15) is 17.2 Å². The number of carbonyl (C=O) groups excluding carboxylic acids is 1. The maximum atomic E-state index is 11.9. The standard InChI is InChI=1S/C21H22O5/c1-5-19(22)26-20(15-9-7-11-17(13-15)24-3)21(23,6-2)16-10-8-12-18(14-16)25-4/h5-14,20,23H,1-2H2,3-4H3/t20-,21+/m1/s1. The van der Waals surface area contributed by atoms with Crippen molar-refractivity contribution in [3.63, 3.8) is 0 Å². The van der Waals surface area contributed by atoms with E-state index >= 15 is 0 Å². The molecule has 2 aromatic carbocycles. The van der Waals surface area contributed by atoms with Crippen LogP contribution in [0.2, 0.25) is 0 Å². The Balaban J connectivity index is 2.60. The van der Waals surface area contributed by atoms with Gasteiger partial charge in [-0.25, -0.2) is 4.79 Å². The predicted octanol–water partition coefficient (Wildman–Crippen LogP) is 3.55. The molecule has 0 heterocycles. The van der Waals surface area contributed by atoms with Crippen molar-refractivity contribution in [3.05, 3.63) is 85.0 Å². The molecule has 0 unspecified atom stereocenters. The fourth-order valence-corrected chi connectivity index (χ4v) is 2.63. The van der Waals surface area contributed by atoms with E-state index in [-0.39, 0.29) is 0 Å². The number of esters is 1. The minimum atomic E-state index is -1.69. The molecule has 2 atom stereocenters. The molecule has 2 aromatic rings. The van der Waals surface area contributed by atoms with E-state index in [1.54, 1.807) is 48.5 Å². The lowest BCUT2D eigenvalue weighted by Crippen LogP contribution is -2.34. The smallest absolute Gasteiger partial charge is 0.330 e. The molecule has 0 aromatic heterocycles. The van der Waals surface area contributed by atoms with Crippen LogP contribution < -0.4 is 9.47 Å². The summed E-state index contributed by atoms with van der Waals surface area (Å²) < 4.78 is 16.0. The van der Waals surface area contributed by atoms with Crippen LogP contribution in [0, 0.1) is 0 Å². The zero-order chi connectivity index (χ0) is 19.2. The molecule has 0 radical (unpaired) electrons. The Morgan fingerprint density at radius 2 is 1.69 bits per heavy atom. The average molecular weight is 354 g/mol. The number of ether oxygens (including phenoxy) is 3. The van der Waals surface area contributed by atoms with Crippen molar-refractivity contribution in [1.82, 2.24) is 0 Å². The lowest BCUT2D eigenvalue weighted by molar-refractivity contribution is -0.156. The summed E-state index contributed by atoms with van der Waals surface area (Å²) in [6.07, 6.45) is 1.32. The zero-order valence-corrected chi connectivity index (χ0v) is 14.8. The van der Waals surface area contributed by atoms with E-state index in [2.05, 4.69) is 13.2 Å². The van der Waals surface area contributed by atoms with E-state index in [1.807, 2.05) is 0 Å². The number of carbonyl (C=O) groups is 1. The first kappa shape index (κ1) is 19.3. The molecule has 0 aliphatic rings. The van der Waals surface area contributed by atoms with E-state index in [9.17, 15) is 9.90 Å². The molecular formula is C21H22O5. The van der Waals surface area contributed by atoms with Crippen molar-refractivity contribution >= 4 is 5.97 Å². The van der Waals surface area contributed by atoms with Gasteiger partial charge in [0.2, 0.25) is 0 Å². The van der Waals surface area contributed by atoms with Gasteiger partial charge in [0.05, 0.1) is 14.2 Å². The highest BCUT2D eigenvalue weighted by atomic mass is 16.6. The van der Waals surface area contributed by atoms with Crippen molar-refractivity contribution in [2.75, 3.05) is 14.2 Å². The number of benzene rings is 2. The van der Waals surface area contributed by atoms with Crippen LogP contribution in [0.25, 0.3) is 0 Å². The van der Waals surface area contributed by atoms with Gasteiger partial charge in [0.1, 0.15) is 17.1 Å². The summed E-state index contributed by atoms with van der Waals surface area (Å²) >= 11 is 0. The molecule has 136 valence electrons. The summed E-state index contributed by atoms with van der Waals surface area (Å²) in [5, 5.41) is 11.4. The summed E-state index contributed by atoms with van der Waals surface area (Å²) in [6.45, 7) is 7.17. The fourth-order valence-electron chi connectivity index (χ4n) is 2.63. The van der Waals surface area contributed by atoms with Crippen LogP contribution in [0.5, 0.6) is 11.5 Å². The highest BCUT2D eigenvalue weighted by Crippen LogP contribution is 2.41. The maximum absolute atomic E-state index is 11.9. The molecule has 0 spiro atoms. The first-order chi connectivity index (χ1) is 12.5. The number of methoxy groups -OCH3 is 2. The Labute approximate surface area is 153 Å². The highest BCUT2D eigenvalue weighted by Gasteiger charge is 2.40. The van der Waals surface area contributed by atoms with Crippen molar-refractivity contribution in [1.29, 1.82) is 0 Å². The molecule has 0 aliphatic carbocycles. The van der Waals surface area contributed by atoms with Crippen LogP contribution >= 0.6 is 0 Å². The molecule has 5 heteroatoms. The topological polar surface area (TPSA) is 65.0 Å². The Hall–Kier alpha value is -3.05. The largest absolute Gasteiger partial charge is 0.497 e. The molecule has 0 amide bonds. The summed E-state index contributed by atoms with van der Waals surface area (Å²) in [6, 6.07) is 13.8. The molecule has 0 fully saturated rings. The molecule has 0 saturated carbocycles. The van der Waals surface area contributed by atoms with Gasteiger partial charge in [0.15, 0.2) is 6.10 Å². The SMILES string of the molecule is C=CC(=O)O[C@H](c1cccc(OC)c1)[C@](O)(C=C)c1cccc(OC)c1. The van der Waals surface area contributed by atoms with Gasteiger partial charge >= 0.3 is 5.97 Å². The Morgan fingerprint density at radius 3 is 2.27 bits per heavy atom. The zero-order valence-electron chi connectivity index (χ0n) is 14.8. The minimum Gasteiger partial charge on any atom is -0.497 e. The second-order valence-electron chi connectivity index (χ2n) is 5.56. The van der Waals surface area contributed by atoms with E-state index in [0.717, 1.165) is 6.08 Å². The van der Waals surface area contributed by atoms with Crippen LogP contribution in [0.3, 0.4) is 0 Å². The highest BCUT2D eigenvalue weighted by molar-refractivity contribution is 5.81. The van der Waals surface area contributed by atoms with Crippen molar-refractivity contribution in [2.24, 2.45) is 0 Å². The lowest BCUT2D eigenvalue weighted by atomic mass is 9.84. The molecule has 0 bridgehead atoms. The molecule has 0 aliphatic heterocycles. The first-order valence-electron chi connectivity index (χ1n) is 7.96. The van der Waals surface area contributed by atoms with Gasteiger partial charge in [-0.15, -0.1) is 0 Å². The maximum Gasteiger partial charge on any atom is 0.330 e. The van der Waals surface area contributed by atoms with Gasteiger partial charge in [-0.3, -0.25) is 0 Å². The van der Waals surface area contributed by atoms with E-state index in [4.69, 9.17) is 14.2 Å². The van der Waals surface area contributed by atoms with E-state index in [0.29, 0.717) is 22.6 Å². The first-order valence-corrected chi connectivity index (χ1v) is 7.96. The fraction of sp³-hybridized carbons (Fsp3) is 0.190. The van der Waals surface area contributed by atoms with Crippen LogP contribution in [0.15, 0.2) is 73.8 Å². The minimum absolute atomic E-state index is 0.469. The third-order valence-corrected chi connectivity index (χ3v) is 4.04. The van der Waals surface area contributed by atoms with Crippen molar-refractivity contribution < 1.29 is 24.1 Å². The second-order valence-corrected chi connectivity index (χ2v) is 5.56.